The third-order valence-corrected chi connectivity index (χ3v) is 29.1. The largest absolute Gasteiger partial charge is 0.544 e. The number of carbonyl (C=O) groups is 11. The molecule has 0 saturated carbocycles. The lowest BCUT2D eigenvalue weighted by Gasteiger charge is -2.30. The summed E-state index contributed by atoms with van der Waals surface area (Å²) >= 11 is 9.65. The highest BCUT2D eigenvalue weighted by Crippen LogP contribution is 2.42. The number of aliphatic carboxylic acids is 4. The highest BCUT2D eigenvalue weighted by atomic mass is 35.5. The van der Waals surface area contributed by atoms with E-state index in [1.165, 1.54) is 0 Å². The Labute approximate surface area is 784 Å². The summed E-state index contributed by atoms with van der Waals surface area (Å²) in [5.74, 6) is -0.785. The lowest BCUT2D eigenvalue weighted by molar-refractivity contribution is -0.883. The molecule has 6 rings (SSSR count). The number of hydrogen-bond donors (Lipinski definition) is 11. The number of allylic oxidation sites excluding steroid dienone is 1. The molecule has 692 valence electrons. The average molecular weight is 1960 g/mol. The van der Waals surface area contributed by atoms with Crippen molar-refractivity contribution in [2.24, 2.45) is 17.2 Å². The second-order valence-electron chi connectivity index (χ2n) is 30.1. The van der Waals surface area contributed by atoms with Gasteiger partial charge in [-0.05, 0) is 151 Å². The highest BCUT2D eigenvalue weighted by molar-refractivity contribution is 8.77. The average Bonchev–Trinajstić information content (AvgIpc) is 1.67. The Morgan fingerprint density at radius 2 is 0.691 bits per heavy atom. The van der Waals surface area contributed by atoms with Crippen molar-refractivity contribution in [2.45, 2.75) is 107 Å². The summed E-state index contributed by atoms with van der Waals surface area (Å²) in [7, 11) is 19.8. The normalized spacial score (nSPS) is 10.8. The molecular weight excluding hydrogens is 1830 g/mol. The Morgan fingerprint density at radius 1 is 0.398 bits per heavy atom. The van der Waals surface area contributed by atoms with Crippen molar-refractivity contribution in [2.75, 3.05) is 177 Å². The minimum atomic E-state index is -1.12. The van der Waals surface area contributed by atoms with E-state index < -0.39 is 23.9 Å². The van der Waals surface area contributed by atoms with Crippen molar-refractivity contribution in [3.8, 4) is 29.3 Å². The topological polar surface area (TPSA) is 439 Å². The maximum atomic E-state index is 12.6. The molecule has 14 N–H and O–H groups in total. The van der Waals surface area contributed by atoms with E-state index in [-0.39, 0.29) is 144 Å². The van der Waals surface area contributed by atoms with Gasteiger partial charge in [-0.2, -0.15) is 0 Å². The van der Waals surface area contributed by atoms with Crippen molar-refractivity contribution < 1.29 is 86.6 Å². The second-order valence-corrected chi connectivity index (χ2v) is 43.0. The number of nitrogens with one attached hydrogen (secondary N) is 7. The molecule has 6 aromatic rings. The smallest absolute Gasteiger partial charge is 0.307 e. The number of Topliss-reactive ketones (excluding diaryl/α,β-unsaturated/α-hetero) is 1. The molecule has 0 aliphatic carbocycles. The van der Waals surface area contributed by atoms with Crippen molar-refractivity contribution in [3.63, 3.8) is 0 Å². The number of nitrogens with two attached hydrogens (primary N) is 3. The SMILES string of the molecule is C=C(C)C(=O)CCCN.C=C(C)C(=O)NCCNC(=O)Cc1cc(C)sc1-c1cc(CC(=O)NCC[N+](C)(C)CC(=O)[O-])c(C)s1.CNCCSSCCNC(=O)Cc1cc(C)sc1-c1cc(CC(=O)NCC[N+](C)(C)CC(=O)[O-])c(C)s1.Cc1cc(CC(=O)O)c(-c2cc(CC(=O)NCC[N+](C)(C)CC(=O)[O-])c(C)s2)s1.Cl.Cl.Cl.NCCSSCCN. The fraction of sp³-hybridized carbons (Fsp3) is 0.524. The molecule has 6 heterocycles. The molecule has 0 aliphatic heterocycles. The fourth-order valence-corrected chi connectivity index (χ4v) is 21.2. The molecule has 41 heteroatoms. The second kappa shape index (κ2) is 63.1. The molecule has 0 bridgehead atoms. The molecule has 6 aromatic heterocycles. The number of quaternary nitrogens is 3. The Hall–Kier alpha value is -5.96. The number of nitrogens with zero attached hydrogens (tertiary/aromatic N) is 3. The molecule has 0 saturated heterocycles. The summed E-state index contributed by atoms with van der Waals surface area (Å²) in [6, 6.07) is 12.0. The molecule has 123 heavy (non-hydrogen) atoms. The first-order valence-corrected chi connectivity index (χ1v) is 48.8. The molecule has 0 aliphatic rings. The van der Waals surface area contributed by atoms with Gasteiger partial charge >= 0.3 is 5.97 Å². The van der Waals surface area contributed by atoms with Gasteiger partial charge in [0.1, 0.15) is 19.6 Å². The molecule has 28 nitrogen and oxygen atoms in total. The molecular formula is C82H128Cl3N13O15S10. The first kappa shape index (κ1) is 119. The molecule has 0 aromatic carbocycles. The Balaban J connectivity index is 0. The molecule has 0 fully saturated rings. The number of thiophene rings is 6. The number of hydrogen-bond acceptors (Lipinski definition) is 28. The van der Waals surface area contributed by atoms with Gasteiger partial charge in [0.2, 0.25) is 35.4 Å². The first-order chi connectivity index (χ1) is 56.3. The van der Waals surface area contributed by atoms with Crippen LogP contribution in [-0.4, -0.2) is 261 Å². The number of ketones is 1. The van der Waals surface area contributed by atoms with Gasteiger partial charge in [0, 0.05) is 133 Å². The van der Waals surface area contributed by atoms with Crippen LogP contribution in [0.2, 0.25) is 0 Å². The van der Waals surface area contributed by atoms with Crippen LogP contribution < -0.4 is 69.7 Å². The Bertz CT molecular complexity index is 4340. The van der Waals surface area contributed by atoms with E-state index >= 15 is 0 Å². The third kappa shape index (κ3) is 51.6. The number of carboxylic acid groups (broad SMARTS) is 4. The standard InChI is InChI=1S/C26H36N4O5S2.C25H38N4O4S4.C20H26N2O5S2.C7H13NO.C4H12N2S2.3ClH/c1-16(2)26(35)29-8-7-27-23(32)14-20-11-17(3)36-25(20)21-12-19(18(4)37-21)13-22(31)28-9-10-30(5,6)15-24(33)34;1-17-12-20(15-23(31)28-8-11-35-34-10-7-26-3)25(36-17)21-13-19(18(2)37-21)14-22(30)27-6-9-29(4,5)16-24(32)33;1-12-7-15(10-18(24)25)20(28-12)16-8-14(13(2)29-16)9-17(23)21-5-6-22(3,4)11-19(26)27;1-6(2)7(9)4-3-5-8;5-1-3-7-8-4-2-6;;;/h11-12H,1,7-10,13-15H2,2-6H3,(H3-,27,28,29,31,32,33,34,35);12-13,26H,6-11,14-16H2,1-5H3,(H2-,27,28,30,31,32,33);7-8H,5-6,9-11H2,1-4H3,(H2-,21,23,24,25,26,27);1,3-5,8H2,2H3;1-6H2;3*1H. The van der Waals surface area contributed by atoms with Gasteiger partial charge < -0.3 is 103 Å². The number of likely N-dealkylation sites (N-methyl/N-ethyl adjacent to an activating group) is 3. The van der Waals surface area contributed by atoms with E-state index in [1.807, 2.05) is 72.9 Å². The van der Waals surface area contributed by atoms with Gasteiger partial charge in [-0.1, -0.05) is 56.3 Å². The van der Waals surface area contributed by atoms with Gasteiger partial charge in [-0.3, -0.25) is 38.4 Å². The third-order valence-electron chi connectivity index (χ3n) is 17.1. The van der Waals surface area contributed by atoms with Crippen LogP contribution in [0.5, 0.6) is 0 Å². The molecule has 0 atom stereocenters. The van der Waals surface area contributed by atoms with Gasteiger partial charge in [0.15, 0.2) is 5.78 Å². The van der Waals surface area contributed by atoms with Crippen LogP contribution >= 0.6 is 148 Å². The van der Waals surface area contributed by atoms with Gasteiger partial charge in [0.05, 0.1) is 138 Å². The van der Waals surface area contributed by atoms with E-state index in [1.54, 1.807) is 167 Å². The summed E-state index contributed by atoms with van der Waals surface area (Å²) in [6.07, 6.45) is 2.58. The van der Waals surface area contributed by atoms with Gasteiger partial charge in [-0.15, -0.1) is 105 Å². The zero-order valence-electron chi connectivity index (χ0n) is 73.2. The number of rotatable bonds is 50. The zero-order chi connectivity index (χ0) is 90.5. The molecule has 0 radical (unpaired) electrons. The summed E-state index contributed by atoms with van der Waals surface area (Å²) in [6.45, 7) is 29.1. The van der Waals surface area contributed by atoms with Gasteiger partial charge in [0.25, 0.3) is 0 Å². The van der Waals surface area contributed by atoms with Crippen molar-refractivity contribution >= 4 is 214 Å². The van der Waals surface area contributed by atoms with Crippen LogP contribution in [0.25, 0.3) is 29.3 Å². The fourth-order valence-electron chi connectivity index (χ4n) is 11.0. The van der Waals surface area contributed by atoms with Crippen LogP contribution in [0.15, 0.2) is 60.7 Å². The minimum Gasteiger partial charge on any atom is -0.544 e. The van der Waals surface area contributed by atoms with Crippen LogP contribution in [0, 0.1) is 41.5 Å². The van der Waals surface area contributed by atoms with Crippen LogP contribution in [0.1, 0.15) is 89.3 Å². The lowest BCUT2D eigenvalue weighted by Crippen LogP contribution is -2.51. The maximum Gasteiger partial charge on any atom is 0.307 e. The highest BCUT2D eigenvalue weighted by Gasteiger charge is 2.24. The summed E-state index contributed by atoms with van der Waals surface area (Å²) in [5, 5.41) is 61.8. The number of amides is 6. The monoisotopic (exact) mass is 1960 g/mol. The van der Waals surface area contributed by atoms with E-state index in [2.05, 4.69) is 62.5 Å². The van der Waals surface area contributed by atoms with Gasteiger partial charge in [-0.25, -0.2) is 0 Å². The lowest BCUT2D eigenvalue weighted by atomic mass is 10.1. The number of aryl methyl sites for hydroxylation is 6. The molecule has 0 spiro atoms. The van der Waals surface area contributed by atoms with Crippen LogP contribution in [0.4, 0.5) is 0 Å². The van der Waals surface area contributed by atoms with Crippen LogP contribution in [0.3, 0.4) is 0 Å². The predicted octanol–water partition coefficient (Wildman–Crippen LogP) is 6.39. The van der Waals surface area contributed by atoms with E-state index in [9.17, 15) is 68.1 Å². The minimum absolute atomic E-state index is 0. The van der Waals surface area contributed by atoms with Crippen molar-refractivity contribution in [1.82, 2.24) is 37.2 Å². The molecule has 0 unspecified atom stereocenters. The van der Waals surface area contributed by atoms with E-state index in [4.69, 9.17) is 22.3 Å². The van der Waals surface area contributed by atoms with Crippen molar-refractivity contribution in [1.29, 1.82) is 0 Å². The summed E-state index contributed by atoms with van der Waals surface area (Å²) in [4.78, 5) is 141. The first-order valence-electron chi connectivity index (χ1n) is 38.9. The quantitative estimate of drug-likeness (QED) is 0.00852. The van der Waals surface area contributed by atoms with E-state index in [0.717, 1.165) is 141 Å². The summed E-state index contributed by atoms with van der Waals surface area (Å²) in [5.41, 5.74) is 22.3. The predicted molar refractivity (Wildman–Crippen MR) is 516 cm³/mol. The summed E-state index contributed by atoms with van der Waals surface area (Å²) < 4.78 is 0.697. The number of carboxylic acids is 4. The zero-order valence-corrected chi connectivity index (χ0v) is 83.8. The molecule has 6 amide bonds. The number of carbonyl (C=O) groups excluding carboxylic acids is 10. The number of halogens is 3. The maximum absolute atomic E-state index is 12.6. The Kier molecular flexibility index (Phi) is 61.1. The Morgan fingerprint density at radius 3 is 0.984 bits per heavy atom. The van der Waals surface area contributed by atoms with E-state index in [0.29, 0.717) is 89.4 Å². The van der Waals surface area contributed by atoms with Crippen molar-refractivity contribution in [3.05, 3.63) is 123 Å². The van der Waals surface area contributed by atoms with Crippen LogP contribution in [-0.2, 0) is 91.3 Å².